The highest BCUT2D eigenvalue weighted by Crippen LogP contribution is 2.33. The zero-order valence-electron chi connectivity index (χ0n) is 12.1. The molecular formula is C15H14ClN3O3. The minimum Gasteiger partial charge on any atom is -0.490 e. The summed E-state index contributed by atoms with van der Waals surface area (Å²) in [5, 5.41) is 15.6. The van der Waals surface area contributed by atoms with Gasteiger partial charge in [-0.25, -0.2) is 4.79 Å². The van der Waals surface area contributed by atoms with Crippen molar-refractivity contribution in [3.8, 4) is 17.6 Å². The maximum atomic E-state index is 11.8. The van der Waals surface area contributed by atoms with Gasteiger partial charge in [-0.3, -0.25) is 5.10 Å². The van der Waals surface area contributed by atoms with E-state index in [4.69, 9.17) is 21.1 Å². The van der Waals surface area contributed by atoms with Crippen LogP contribution in [0.15, 0.2) is 24.5 Å². The van der Waals surface area contributed by atoms with E-state index in [0.717, 1.165) is 0 Å². The Balaban J connectivity index is 2.22. The average Bonchev–Trinajstić information content (AvgIpc) is 2.99. The third-order valence-electron chi connectivity index (χ3n) is 2.64. The number of nitrogens with one attached hydrogen (secondary N) is 1. The molecule has 1 N–H and O–H groups in total. The summed E-state index contributed by atoms with van der Waals surface area (Å²) < 4.78 is 10.7. The quantitative estimate of drug-likeness (QED) is 0.675. The molecule has 1 aromatic carbocycles. The van der Waals surface area contributed by atoms with Crippen LogP contribution in [0.2, 0.25) is 5.02 Å². The lowest BCUT2D eigenvalue weighted by molar-refractivity contribution is 0.0734. The van der Waals surface area contributed by atoms with Crippen LogP contribution < -0.4 is 9.47 Å². The van der Waals surface area contributed by atoms with Gasteiger partial charge < -0.3 is 9.47 Å². The molecule has 0 spiro atoms. The van der Waals surface area contributed by atoms with Gasteiger partial charge in [0.2, 0.25) is 0 Å². The molecule has 0 aliphatic rings. The number of aromatic amines is 1. The summed E-state index contributed by atoms with van der Waals surface area (Å²) in [6.07, 6.45) is 2.75. The van der Waals surface area contributed by atoms with Crippen molar-refractivity contribution < 1.29 is 14.3 Å². The lowest BCUT2D eigenvalue weighted by Gasteiger charge is -2.13. The van der Waals surface area contributed by atoms with Crippen LogP contribution in [0.1, 0.15) is 29.8 Å². The fraction of sp³-hybridized carbons (Fsp3) is 0.267. The van der Waals surface area contributed by atoms with Crippen LogP contribution in [0.5, 0.6) is 11.5 Å². The third-order valence-corrected chi connectivity index (χ3v) is 2.92. The standard InChI is InChI=1S/C15H14ClN3O3/c1-9(2)8-21-14-10(5-17)3-12(4-13(14)16)22-15(20)11-6-18-19-7-11/h3-4,6-7,9H,8H2,1-2H3,(H,18,19). The van der Waals surface area contributed by atoms with Gasteiger partial charge in [0.25, 0.3) is 0 Å². The van der Waals surface area contributed by atoms with Crippen molar-refractivity contribution in [2.75, 3.05) is 6.61 Å². The van der Waals surface area contributed by atoms with Crippen LogP contribution in [0.3, 0.4) is 0 Å². The first kappa shape index (κ1) is 15.9. The lowest BCUT2D eigenvalue weighted by Crippen LogP contribution is -2.09. The van der Waals surface area contributed by atoms with Gasteiger partial charge in [-0.05, 0) is 5.92 Å². The van der Waals surface area contributed by atoms with Crippen LogP contribution in [-0.2, 0) is 0 Å². The van der Waals surface area contributed by atoms with Crippen LogP contribution in [0.25, 0.3) is 0 Å². The molecule has 0 atom stereocenters. The maximum Gasteiger partial charge on any atom is 0.346 e. The molecule has 7 heteroatoms. The highest BCUT2D eigenvalue weighted by Gasteiger charge is 2.16. The van der Waals surface area contributed by atoms with Crippen molar-refractivity contribution in [3.63, 3.8) is 0 Å². The first-order chi connectivity index (χ1) is 10.5. The Labute approximate surface area is 132 Å². The molecule has 2 aromatic rings. The van der Waals surface area contributed by atoms with Crippen molar-refractivity contribution >= 4 is 17.6 Å². The molecule has 6 nitrogen and oxygen atoms in total. The molecule has 0 saturated carbocycles. The number of ether oxygens (including phenoxy) is 2. The summed E-state index contributed by atoms with van der Waals surface area (Å²) in [5.41, 5.74) is 0.484. The molecular weight excluding hydrogens is 306 g/mol. The van der Waals surface area contributed by atoms with E-state index in [2.05, 4.69) is 10.2 Å². The fourth-order valence-electron chi connectivity index (χ4n) is 1.64. The van der Waals surface area contributed by atoms with E-state index >= 15 is 0 Å². The minimum atomic E-state index is -0.593. The van der Waals surface area contributed by atoms with Gasteiger partial charge in [0.1, 0.15) is 11.8 Å². The van der Waals surface area contributed by atoms with Gasteiger partial charge in [0, 0.05) is 18.3 Å². The summed E-state index contributed by atoms with van der Waals surface area (Å²) in [6.45, 7) is 4.41. The summed E-state index contributed by atoms with van der Waals surface area (Å²) in [7, 11) is 0. The number of esters is 1. The number of hydrogen-bond acceptors (Lipinski definition) is 5. The number of aromatic nitrogens is 2. The summed E-state index contributed by atoms with van der Waals surface area (Å²) in [5.74, 6) is 0.163. The van der Waals surface area contributed by atoms with E-state index in [1.807, 2.05) is 19.9 Å². The Morgan fingerprint density at radius 1 is 1.50 bits per heavy atom. The second-order valence-electron chi connectivity index (χ2n) is 4.97. The fourth-order valence-corrected chi connectivity index (χ4v) is 1.90. The van der Waals surface area contributed by atoms with Crippen molar-refractivity contribution in [1.82, 2.24) is 10.2 Å². The number of hydrogen-bond donors (Lipinski definition) is 1. The Morgan fingerprint density at radius 3 is 2.86 bits per heavy atom. The number of nitrogens with zero attached hydrogens (tertiary/aromatic N) is 2. The zero-order chi connectivity index (χ0) is 16.1. The Kier molecular flexibility index (Phi) is 5.02. The molecule has 0 fully saturated rings. The second-order valence-corrected chi connectivity index (χ2v) is 5.38. The third kappa shape index (κ3) is 3.77. The monoisotopic (exact) mass is 319 g/mol. The van der Waals surface area contributed by atoms with E-state index in [-0.39, 0.29) is 21.9 Å². The van der Waals surface area contributed by atoms with Crippen LogP contribution >= 0.6 is 11.6 Å². The van der Waals surface area contributed by atoms with Gasteiger partial charge in [-0.1, -0.05) is 25.4 Å². The van der Waals surface area contributed by atoms with Crippen LogP contribution in [0.4, 0.5) is 0 Å². The predicted molar refractivity (Wildman–Crippen MR) is 80.0 cm³/mol. The van der Waals surface area contributed by atoms with E-state index in [1.54, 1.807) is 0 Å². The average molecular weight is 320 g/mol. The number of H-pyrrole nitrogens is 1. The smallest absolute Gasteiger partial charge is 0.346 e. The van der Waals surface area contributed by atoms with E-state index in [1.165, 1.54) is 24.5 Å². The minimum absolute atomic E-state index is 0.171. The molecule has 114 valence electrons. The molecule has 2 rings (SSSR count). The normalized spacial score (nSPS) is 10.3. The number of carbonyl (C=O) groups is 1. The Morgan fingerprint density at radius 2 is 2.27 bits per heavy atom. The molecule has 0 aliphatic heterocycles. The molecule has 0 aliphatic carbocycles. The molecule has 1 heterocycles. The van der Waals surface area contributed by atoms with Crippen molar-refractivity contribution in [3.05, 3.63) is 40.7 Å². The number of halogens is 1. The van der Waals surface area contributed by atoms with Crippen LogP contribution in [-0.4, -0.2) is 22.8 Å². The van der Waals surface area contributed by atoms with Crippen molar-refractivity contribution in [1.29, 1.82) is 5.26 Å². The van der Waals surface area contributed by atoms with Gasteiger partial charge in [0.05, 0.1) is 29.0 Å². The molecule has 0 radical (unpaired) electrons. The molecule has 0 saturated heterocycles. The number of benzene rings is 1. The first-order valence-corrected chi connectivity index (χ1v) is 6.96. The van der Waals surface area contributed by atoms with E-state index in [9.17, 15) is 10.1 Å². The van der Waals surface area contributed by atoms with Crippen molar-refractivity contribution in [2.45, 2.75) is 13.8 Å². The molecule has 22 heavy (non-hydrogen) atoms. The van der Waals surface area contributed by atoms with Gasteiger partial charge in [0.15, 0.2) is 5.75 Å². The largest absolute Gasteiger partial charge is 0.490 e. The number of rotatable bonds is 5. The van der Waals surface area contributed by atoms with Gasteiger partial charge in [-0.2, -0.15) is 10.4 Å². The van der Waals surface area contributed by atoms with Crippen LogP contribution in [0, 0.1) is 17.2 Å². The Bertz CT molecular complexity index is 706. The summed E-state index contributed by atoms with van der Waals surface area (Å²) in [4.78, 5) is 11.8. The van der Waals surface area contributed by atoms with E-state index in [0.29, 0.717) is 18.3 Å². The van der Waals surface area contributed by atoms with E-state index < -0.39 is 5.97 Å². The molecule has 0 unspecified atom stereocenters. The lowest BCUT2D eigenvalue weighted by atomic mass is 10.2. The zero-order valence-corrected chi connectivity index (χ0v) is 12.8. The number of nitriles is 1. The summed E-state index contributed by atoms with van der Waals surface area (Å²) in [6, 6.07) is 4.85. The summed E-state index contributed by atoms with van der Waals surface area (Å²) >= 11 is 6.12. The van der Waals surface area contributed by atoms with Gasteiger partial charge in [-0.15, -0.1) is 0 Å². The molecule has 0 amide bonds. The predicted octanol–water partition coefficient (Wildman–Crippen LogP) is 3.19. The highest BCUT2D eigenvalue weighted by molar-refractivity contribution is 6.32. The van der Waals surface area contributed by atoms with Gasteiger partial charge >= 0.3 is 5.97 Å². The highest BCUT2D eigenvalue weighted by atomic mass is 35.5. The molecule has 0 bridgehead atoms. The second kappa shape index (κ2) is 6.96. The number of carbonyl (C=O) groups excluding carboxylic acids is 1. The van der Waals surface area contributed by atoms with Crippen molar-refractivity contribution in [2.24, 2.45) is 5.92 Å². The first-order valence-electron chi connectivity index (χ1n) is 6.58. The maximum absolute atomic E-state index is 11.8. The molecule has 1 aromatic heterocycles. The Hall–Kier alpha value is -2.52. The SMILES string of the molecule is CC(C)COc1c(Cl)cc(OC(=O)c2cn[nH]c2)cc1C#N. The topological polar surface area (TPSA) is 88.0 Å².